The monoisotopic (exact) mass is 469 g/mol. The molecule has 0 aliphatic rings. The molecule has 31 heavy (non-hydrogen) atoms. The predicted octanol–water partition coefficient (Wildman–Crippen LogP) is 2.85. The summed E-state index contributed by atoms with van der Waals surface area (Å²) in [6, 6.07) is 7.93. The molecule has 0 bridgehead atoms. The molecule has 0 fully saturated rings. The third kappa shape index (κ3) is 8.18. The number of carbonyl (C=O) groups excluding carboxylic acids is 3. The van der Waals surface area contributed by atoms with Crippen LogP contribution in [0.1, 0.15) is 30.9 Å². The van der Waals surface area contributed by atoms with Gasteiger partial charge < -0.3 is 23.6 Å². The van der Waals surface area contributed by atoms with Crippen LogP contribution in [0.4, 0.5) is 4.79 Å². The van der Waals surface area contributed by atoms with Crippen LogP contribution in [0.5, 0.6) is 0 Å². The van der Waals surface area contributed by atoms with Crippen molar-refractivity contribution in [2.45, 2.75) is 44.8 Å². The van der Waals surface area contributed by atoms with Gasteiger partial charge in [-0.15, -0.1) is 0 Å². The van der Waals surface area contributed by atoms with Gasteiger partial charge in [-0.1, -0.05) is 30.3 Å². The minimum absolute atomic E-state index is 0.0181. The highest BCUT2D eigenvalue weighted by Gasteiger charge is 2.30. The summed E-state index contributed by atoms with van der Waals surface area (Å²) >= 11 is 4.86. The molecule has 0 aliphatic heterocycles. The Bertz CT molecular complexity index is 962. The number of hydrogen-bond donors (Lipinski definition) is 2. The summed E-state index contributed by atoms with van der Waals surface area (Å²) in [5.41, 5.74) is 0.777. The van der Waals surface area contributed by atoms with Crippen molar-refractivity contribution in [3.8, 4) is 0 Å². The van der Waals surface area contributed by atoms with Gasteiger partial charge in [0.2, 0.25) is 5.91 Å². The number of thiol groups is 1. The van der Waals surface area contributed by atoms with E-state index in [1.54, 1.807) is 26.0 Å². The Labute approximate surface area is 188 Å². The van der Waals surface area contributed by atoms with E-state index in [9.17, 15) is 19.2 Å². The van der Waals surface area contributed by atoms with E-state index in [1.807, 2.05) is 18.2 Å². The highest BCUT2D eigenvalue weighted by molar-refractivity contribution is 8.13. The number of aryl methyl sites for hydroxylation is 1. The van der Waals surface area contributed by atoms with Crippen molar-refractivity contribution >= 4 is 41.6 Å². The first-order chi connectivity index (χ1) is 14.6. The van der Waals surface area contributed by atoms with Gasteiger partial charge in [0.15, 0.2) is 18.1 Å². The van der Waals surface area contributed by atoms with Gasteiger partial charge in [-0.05, 0) is 38.1 Å². The molecule has 2 aromatic rings. The molecular formula is C20H23NO8S2. The SMILES string of the molecule is Cc1oc(=O)oc1COC(=O)SC[C@H](NC(=O)C(C)(C)S)C(=O)OCc1ccccc1. The summed E-state index contributed by atoms with van der Waals surface area (Å²) in [6.07, 6.45) is 0. The van der Waals surface area contributed by atoms with E-state index in [1.165, 1.54) is 6.92 Å². The minimum atomic E-state index is -1.10. The Hall–Kier alpha value is -2.66. The van der Waals surface area contributed by atoms with Crippen LogP contribution in [0.3, 0.4) is 0 Å². The molecule has 1 N–H and O–H groups in total. The second-order valence-electron chi connectivity index (χ2n) is 6.96. The number of esters is 1. The van der Waals surface area contributed by atoms with Crippen LogP contribution >= 0.6 is 24.4 Å². The Balaban J connectivity index is 1.94. The maximum absolute atomic E-state index is 12.5. The zero-order valence-electron chi connectivity index (χ0n) is 17.2. The van der Waals surface area contributed by atoms with E-state index in [2.05, 4.69) is 22.4 Å². The number of thioether (sulfide) groups is 1. The normalized spacial score (nSPS) is 12.1. The molecule has 0 saturated carbocycles. The van der Waals surface area contributed by atoms with Crippen molar-refractivity contribution in [3.05, 3.63) is 58.0 Å². The maximum Gasteiger partial charge on any atom is 0.519 e. The molecule has 0 spiro atoms. The van der Waals surface area contributed by atoms with E-state index in [4.69, 9.17) is 13.9 Å². The van der Waals surface area contributed by atoms with Crippen LogP contribution in [0.25, 0.3) is 0 Å². The van der Waals surface area contributed by atoms with E-state index in [-0.39, 0.29) is 30.5 Å². The lowest BCUT2D eigenvalue weighted by Crippen LogP contribution is -2.49. The highest BCUT2D eigenvalue weighted by atomic mass is 32.2. The van der Waals surface area contributed by atoms with Crippen molar-refractivity contribution < 1.29 is 32.7 Å². The Morgan fingerprint density at radius 1 is 1.13 bits per heavy atom. The van der Waals surface area contributed by atoms with Crippen molar-refractivity contribution in [2.75, 3.05) is 5.75 Å². The number of carbonyl (C=O) groups is 3. The van der Waals surface area contributed by atoms with Crippen LogP contribution < -0.4 is 11.1 Å². The molecule has 9 nitrogen and oxygen atoms in total. The summed E-state index contributed by atoms with van der Waals surface area (Å²) in [5, 5.41) is 1.81. The maximum atomic E-state index is 12.5. The van der Waals surface area contributed by atoms with Gasteiger partial charge in [-0.25, -0.2) is 14.4 Å². The van der Waals surface area contributed by atoms with Gasteiger partial charge in [0, 0.05) is 5.75 Å². The number of rotatable bonds is 9. The molecule has 11 heteroatoms. The number of hydrogen-bond acceptors (Lipinski definition) is 10. The van der Waals surface area contributed by atoms with Gasteiger partial charge in [0.05, 0.1) is 4.75 Å². The Morgan fingerprint density at radius 2 is 1.81 bits per heavy atom. The average molecular weight is 470 g/mol. The lowest BCUT2D eigenvalue weighted by Gasteiger charge is -2.22. The lowest BCUT2D eigenvalue weighted by atomic mass is 10.2. The molecule has 1 atom stereocenters. The molecule has 0 unspecified atom stereocenters. The van der Waals surface area contributed by atoms with E-state index in [0.717, 1.165) is 5.56 Å². The molecular weight excluding hydrogens is 446 g/mol. The summed E-state index contributed by atoms with van der Waals surface area (Å²) in [7, 11) is 0. The molecule has 0 saturated heterocycles. The quantitative estimate of drug-likeness (QED) is 0.421. The van der Waals surface area contributed by atoms with E-state index < -0.39 is 33.8 Å². The van der Waals surface area contributed by atoms with Crippen LogP contribution in [-0.4, -0.2) is 33.7 Å². The van der Waals surface area contributed by atoms with Gasteiger partial charge in [-0.2, -0.15) is 12.6 Å². The number of amides is 1. The van der Waals surface area contributed by atoms with Crippen molar-refractivity contribution in [1.82, 2.24) is 5.32 Å². The summed E-state index contributed by atoms with van der Waals surface area (Å²) in [5.74, 6) is -1.93. The third-order valence-corrected chi connectivity index (χ3v) is 4.95. The standard InChI is InChI=1S/C20H23NO8S2/c1-12-15(29-18(24)28-12)10-27-19(25)31-11-14(21-17(23)20(2,3)30)16(22)26-9-13-7-5-4-6-8-13/h4-8,14,30H,9-11H2,1-3H3,(H,21,23)/t14-/m0/s1. The molecule has 1 aromatic heterocycles. The summed E-state index contributed by atoms with van der Waals surface area (Å²) in [4.78, 5) is 47.9. The fourth-order valence-corrected chi connectivity index (χ4v) is 2.89. The Morgan fingerprint density at radius 3 is 2.39 bits per heavy atom. The largest absolute Gasteiger partial charge is 0.519 e. The number of nitrogens with one attached hydrogen (secondary N) is 1. The van der Waals surface area contributed by atoms with Crippen molar-refractivity contribution in [2.24, 2.45) is 0 Å². The molecule has 1 heterocycles. The van der Waals surface area contributed by atoms with Crippen LogP contribution in [-0.2, 0) is 32.3 Å². The van der Waals surface area contributed by atoms with Crippen LogP contribution in [0.15, 0.2) is 44.0 Å². The fraction of sp³-hybridized carbons (Fsp3) is 0.400. The number of ether oxygens (including phenoxy) is 2. The first-order valence-electron chi connectivity index (χ1n) is 9.19. The zero-order chi connectivity index (χ0) is 23.0. The molecule has 1 amide bonds. The molecule has 0 radical (unpaired) electrons. The molecule has 1 aromatic carbocycles. The summed E-state index contributed by atoms with van der Waals surface area (Å²) in [6.45, 7) is 4.35. The van der Waals surface area contributed by atoms with Crippen LogP contribution in [0, 0.1) is 6.92 Å². The average Bonchev–Trinajstić information content (AvgIpc) is 3.04. The molecule has 0 aliphatic carbocycles. The smallest absolute Gasteiger partial charge is 0.459 e. The van der Waals surface area contributed by atoms with Crippen molar-refractivity contribution in [3.63, 3.8) is 0 Å². The fourth-order valence-electron chi connectivity index (χ4n) is 2.16. The van der Waals surface area contributed by atoms with Gasteiger partial charge in [0.1, 0.15) is 12.6 Å². The molecule has 168 valence electrons. The first kappa shape index (κ1) is 24.6. The topological polar surface area (TPSA) is 125 Å². The van der Waals surface area contributed by atoms with Gasteiger partial charge >= 0.3 is 17.1 Å². The summed E-state index contributed by atoms with van der Waals surface area (Å²) < 4.78 is 18.7. The lowest BCUT2D eigenvalue weighted by molar-refractivity contribution is -0.148. The van der Waals surface area contributed by atoms with Crippen molar-refractivity contribution in [1.29, 1.82) is 0 Å². The molecule has 2 rings (SSSR count). The third-order valence-electron chi connectivity index (χ3n) is 3.89. The van der Waals surface area contributed by atoms with Gasteiger partial charge in [0.25, 0.3) is 0 Å². The van der Waals surface area contributed by atoms with Gasteiger partial charge in [-0.3, -0.25) is 4.79 Å². The predicted molar refractivity (Wildman–Crippen MR) is 116 cm³/mol. The van der Waals surface area contributed by atoms with Crippen LogP contribution in [0.2, 0.25) is 0 Å². The van der Waals surface area contributed by atoms with E-state index >= 15 is 0 Å². The first-order valence-corrected chi connectivity index (χ1v) is 10.6. The zero-order valence-corrected chi connectivity index (χ0v) is 18.9. The second-order valence-corrected chi connectivity index (χ2v) is 9.03. The Kier molecular flexibility index (Phi) is 8.81. The second kappa shape index (κ2) is 11.1. The minimum Gasteiger partial charge on any atom is -0.459 e. The highest BCUT2D eigenvalue weighted by Crippen LogP contribution is 2.16. The van der Waals surface area contributed by atoms with E-state index in [0.29, 0.717) is 11.8 Å². The number of benzene rings is 1.